The first-order valence-electron chi connectivity index (χ1n) is 37.9. The second-order valence-corrected chi connectivity index (χ2v) is 33.7. The molecule has 2 aliphatic rings. The predicted octanol–water partition coefficient (Wildman–Crippen LogP) is 25.9. The SMILES string of the molecule is [2H]c1c([2H])c(-n2c3ccccc3c3ccccc32)c([2H])c2c1B1c3sc4cc(C(C)(C)C)ccc4c3N(c3c(-c4ccccc4)cc(C(C)(C)C)cc3-c3ccccc3)c3cc(C(C)(C)C)cc(c31)N2c1ccc(C(C)(C)C)cc1-c1cccc(-c2c3ccccc3c(-c3ccccc3)c3ccccc23)c1. The molecular formula is C98H84BN3S. The number of fused-ring (bicyclic) bond motifs is 11. The minimum absolute atomic E-state index is 0.0101. The molecule has 0 saturated heterocycles. The van der Waals surface area contributed by atoms with Crippen LogP contribution in [0.3, 0.4) is 0 Å². The number of rotatable bonds is 8. The van der Waals surface area contributed by atoms with Gasteiger partial charge in [-0.2, -0.15) is 0 Å². The second kappa shape index (κ2) is 23.8. The molecule has 0 fully saturated rings. The third kappa shape index (κ3) is 10.5. The van der Waals surface area contributed by atoms with Gasteiger partial charge in [-0.15, -0.1) is 11.3 Å². The molecule has 0 atom stereocenters. The van der Waals surface area contributed by atoms with Gasteiger partial charge in [-0.3, -0.25) is 0 Å². The molecule has 5 heteroatoms. The summed E-state index contributed by atoms with van der Waals surface area (Å²) >= 11 is 1.81. The van der Waals surface area contributed by atoms with Gasteiger partial charge in [-0.25, -0.2) is 0 Å². The Bertz CT molecular complexity index is 6130. The van der Waals surface area contributed by atoms with Crippen molar-refractivity contribution < 1.29 is 4.11 Å². The summed E-state index contributed by atoms with van der Waals surface area (Å²) in [5.74, 6) is 0. The normalized spacial score (nSPS) is 13.6. The summed E-state index contributed by atoms with van der Waals surface area (Å²) < 4.78 is 38.2. The molecule has 3 nitrogen and oxygen atoms in total. The summed E-state index contributed by atoms with van der Waals surface area (Å²) in [6.07, 6.45) is 0. The lowest BCUT2D eigenvalue weighted by atomic mass is 9.36. The highest BCUT2D eigenvalue weighted by Crippen LogP contribution is 2.56. The van der Waals surface area contributed by atoms with Crippen LogP contribution in [-0.4, -0.2) is 11.3 Å². The summed E-state index contributed by atoms with van der Waals surface area (Å²) in [7, 11) is 0. The number of nitrogens with zero attached hydrogens (tertiary/aromatic N) is 3. The molecule has 0 saturated carbocycles. The van der Waals surface area contributed by atoms with Crippen LogP contribution in [0.1, 0.15) is 109 Å². The highest BCUT2D eigenvalue weighted by Gasteiger charge is 2.48. The predicted molar refractivity (Wildman–Crippen MR) is 447 cm³/mol. The Balaban J connectivity index is 1.01. The van der Waals surface area contributed by atoms with Gasteiger partial charge in [-0.05, 0) is 188 Å². The van der Waals surface area contributed by atoms with E-state index in [1.54, 1.807) is 0 Å². The van der Waals surface area contributed by atoms with E-state index in [4.69, 9.17) is 0 Å². The maximum absolute atomic E-state index is 11.6. The first-order valence-corrected chi connectivity index (χ1v) is 37.3. The molecule has 0 unspecified atom stereocenters. The smallest absolute Gasteiger partial charge is 0.264 e. The zero-order chi connectivity index (χ0) is 73.2. The Morgan fingerprint density at radius 1 is 0.320 bits per heavy atom. The van der Waals surface area contributed by atoms with Crippen molar-refractivity contribution in [1.82, 2.24) is 4.57 Å². The molecule has 14 aromatic carbocycles. The fraction of sp³-hybridized carbons (Fsp3) is 0.163. The van der Waals surface area contributed by atoms with Crippen LogP contribution in [0.5, 0.6) is 0 Å². The fourth-order valence-corrected chi connectivity index (χ4v) is 17.9. The van der Waals surface area contributed by atoms with Gasteiger partial charge >= 0.3 is 0 Å². The van der Waals surface area contributed by atoms with E-state index in [9.17, 15) is 4.11 Å². The Morgan fingerprint density at radius 3 is 1.30 bits per heavy atom. The molecule has 16 aromatic rings. The van der Waals surface area contributed by atoms with Crippen LogP contribution >= 0.6 is 11.3 Å². The lowest BCUT2D eigenvalue weighted by molar-refractivity contribution is 0.590. The van der Waals surface area contributed by atoms with Crippen molar-refractivity contribution in [2.45, 2.75) is 105 Å². The van der Waals surface area contributed by atoms with Gasteiger partial charge in [0.15, 0.2) is 0 Å². The van der Waals surface area contributed by atoms with Crippen molar-refractivity contribution in [3.05, 3.63) is 313 Å². The third-order valence-corrected chi connectivity index (χ3v) is 23.1. The summed E-state index contributed by atoms with van der Waals surface area (Å²) in [6, 6.07) is 101. The average molecular weight is 1350 g/mol. The van der Waals surface area contributed by atoms with Crippen LogP contribution in [-0.2, 0) is 21.7 Å². The van der Waals surface area contributed by atoms with E-state index in [1.807, 2.05) is 11.3 Å². The monoisotopic (exact) mass is 1350 g/mol. The molecule has 18 rings (SSSR count). The molecule has 0 bridgehead atoms. The molecule has 4 heterocycles. The van der Waals surface area contributed by atoms with Crippen LogP contribution in [0.4, 0.5) is 34.1 Å². The first-order chi connectivity index (χ1) is 50.9. The molecule has 103 heavy (non-hydrogen) atoms. The molecule has 0 aliphatic carbocycles. The summed E-state index contributed by atoms with van der Waals surface area (Å²) in [5, 5.41) is 7.89. The number of thiophene rings is 1. The van der Waals surface area contributed by atoms with E-state index in [-0.39, 0.29) is 34.4 Å². The third-order valence-electron chi connectivity index (χ3n) is 21.9. The van der Waals surface area contributed by atoms with Crippen LogP contribution in [0.2, 0.25) is 0 Å². The van der Waals surface area contributed by atoms with Crippen molar-refractivity contribution in [3.8, 4) is 61.3 Å². The standard InChI is InChI=1S/C98H84BN3S/c1-95(2,3)66-48-52-84(78(54-66)64-37-30-38-65(53-64)90-75-43-24-22-41-73(75)89(63-35-20-15-21-36-63)74-42-23-25-44-76(74)90)101-85-60-70(100-82-45-28-26-39-71(82)72-40-27-29-46-83(72)100)49-51-81(85)99-91-86(101)57-69(98(10,11)12)58-87(91)102(93-77-50-47-67(96(4,5)6)59-88(77)103-94(93)99)92-79(61-31-16-13-17-32-61)55-68(97(7,8)9)56-80(92)62-33-18-14-19-34-62/h13-60H,1-12H3/i49D,51D,60D. The van der Waals surface area contributed by atoms with E-state index in [0.717, 1.165) is 121 Å². The van der Waals surface area contributed by atoms with Gasteiger partial charge in [0.05, 0.1) is 32.2 Å². The minimum atomic E-state index is -0.602. The van der Waals surface area contributed by atoms with E-state index in [1.165, 1.54) is 49.4 Å². The number of anilines is 6. The van der Waals surface area contributed by atoms with Crippen molar-refractivity contribution in [3.63, 3.8) is 0 Å². The van der Waals surface area contributed by atoms with Crippen LogP contribution < -0.4 is 25.5 Å². The van der Waals surface area contributed by atoms with Gasteiger partial charge in [0, 0.05) is 65.1 Å². The lowest BCUT2D eigenvalue weighted by Gasteiger charge is -2.45. The van der Waals surface area contributed by atoms with E-state index < -0.39 is 12.1 Å². The van der Waals surface area contributed by atoms with Crippen molar-refractivity contribution in [1.29, 1.82) is 0 Å². The fourth-order valence-electron chi connectivity index (χ4n) is 16.5. The van der Waals surface area contributed by atoms with E-state index in [0.29, 0.717) is 16.8 Å². The molecule has 500 valence electrons. The maximum Gasteiger partial charge on any atom is 0.264 e. The summed E-state index contributed by atoms with van der Waals surface area (Å²) in [6.45, 7) is 27.1. The molecule has 0 radical (unpaired) electrons. The Kier molecular flexibility index (Phi) is 14.0. The summed E-state index contributed by atoms with van der Waals surface area (Å²) in [5.41, 5.74) is 24.1. The van der Waals surface area contributed by atoms with Crippen LogP contribution in [0.15, 0.2) is 291 Å². The van der Waals surface area contributed by atoms with Crippen molar-refractivity contribution in [2.75, 3.05) is 9.80 Å². The topological polar surface area (TPSA) is 11.4 Å². The molecule has 0 spiro atoms. The molecule has 0 amide bonds. The number of hydrogen-bond donors (Lipinski definition) is 0. The highest BCUT2D eigenvalue weighted by molar-refractivity contribution is 7.33. The van der Waals surface area contributed by atoms with Gasteiger partial charge in [0.1, 0.15) is 0 Å². The van der Waals surface area contributed by atoms with Crippen LogP contribution in [0, 0.1) is 0 Å². The number of hydrogen-bond acceptors (Lipinski definition) is 3. The molecule has 2 aromatic heterocycles. The van der Waals surface area contributed by atoms with Crippen LogP contribution in [0.25, 0.3) is 115 Å². The van der Waals surface area contributed by atoms with Gasteiger partial charge in [0.25, 0.3) is 6.71 Å². The Labute approximate surface area is 615 Å². The number of para-hydroxylation sites is 2. The molecular weight excluding hydrogens is 1260 g/mol. The quantitative estimate of drug-likeness (QED) is 0.111. The van der Waals surface area contributed by atoms with E-state index >= 15 is 0 Å². The Hall–Kier alpha value is -11.0. The number of aromatic nitrogens is 1. The second-order valence-electron chi connectivity index (χ2n) is 32.6. The van der Waals surface area contributed by atoms with E-state index in [2.05, 4.69) is 370 Å². The average Bonchev–Trinajstić information content (AvgIpc) is 1.23. The highest BCUT2D eigenvalue weighted by atomic mass is 32.1. The van der Waals surface area contributed by atoms with Gasteiger partial charge < -0.3 is 14.4 Å². The van der Waals surface area contributed by atoms with Gasteiger partial charge in [0.2, 0.25) is 0 Å². The largest absolute Gasteiger partial charge is 0.311 e. The zero-order valence-electron chi connectivity index (χ0n) is 63.8. The zero-order valence-corrected chi connectivity index (χ0v) is 61.6. The Morgan fingerprint density at radius 2 is 0.757 bits per heavy atom. The van der Waals surface area contributed by atoms with Crippen molar-refractivity contribution >= 4 is 121 Å². The summed E-state index contributed by atoms with van der Waals surface area (Å²) in [4.78, 5) is 5.04. The first kappa shape index (κ1) is 60.8. The van der Waals surface area contributed by atoms with Gasteiger partial charge in [-0.1, -0.05) is 301 Å². The van der Waals surface area contributed by atoms with Crippen molar-refractivity contribution in [2.24, 2.45) is 0 Å². The molecule has 2 aliphatic heterocycles. The molecule has 0 N–H and O–H groups in total. The minimum Gasteiger partial charge on any atom is -0.311 e. The maximum atomic E-state index is 11.6. The number of benzene rings is 14. The lowest BCUT2D eigenvalue weighted by Crippen LogP contribution is -2.60.